The van der Waals surface area contributed by atoms with Gasteiger partial charge in [0, 0.05) is 17.4 Å². The van der Waals surface area contributed by atoms with Gasteiger partial charge in [0.1, 0.15) is 5.75 Å². The largest absolute Gasteiger partial charge is 0.484 e. The smallest absolute Gasteiger partial charge is 0.319 e. The van der Waals surface area contributed by atoms with E-state index >= 15 is 0 Å². The molecular formula is C20H23N3O3. The van der Waals surface area contributed by atoms with Crippen molar-refractivity contribution in [3.8, 4) is 5.75 Å². The molecule has 1 saturated carbocycles. The van der Waals surface area contributed by atoms with Crippen LogP contribution in [0.3, 0.4) is 0 Å². The van der Waals surface area contributed by atoms with Crippen molar-refractivity contribution in [1.29, 1.82) is 0 Å². The van der Waals surface area contributed by atoms with Crippen molar-refractivity contribution < 1.29 is 14.3 Å². The lowest BCUT2D eigenvalue weighted by atomic mass is 10.2. The maximum Gasteiger partial charge on any atom is 0.319 e. The number of benzene rings is 2. The van der Waals surface area contributed by atoms with Crippen LogP contribution in [0.2, 0.25) is 0 Å². The predicted molar refractivity (Wildman–Crippen MR) is 102 cm³/mol. The fourth-order valence-corrected chi connectivity index (χ4v) is 2.38. The van der Waals surface area contributed by atoms with Gasteiger partial charge in [-0.25, -0.2) is 4.79 Å². The second-order valence-corrected chi connectivity index (χ2v) is 6.28. The number of hydrogen-bond acceptors (Lipinski definition) is 3. The van der Waals surface area contributed by atoms with Crippen molar-refractivity contribution in [2.75, 3.05) is 17.2 Å². The fourth-order valence-electron chi connectivity index (χ4n) is 2.38. The highest BCUT2D eigenvalue weighted by Crippen LogP contribution is 2.19. The second kappa shape index (κ2) is 8.38. The predicted octanol–water partition coefficient (Wildman–Crippen LogP) is 3.55. The molecule has 26 heavy (non-hydrogen) atoms. The third-order valence-corrected chi connectivity index (χ3v) is 4.04. The Morgan fingerprint density at radius 1 is 0.962 bits per heavy atom. The second-order valence-electron chi connectivity index (χ2n) is 6.28. The summed E-state index contributed by atoms with van der Waals surface area (Å²) in [5.41, 5.74) is 2.54. The minimum atomic E-state index is -0.239. The van der Waals surface area contributed by atoms with Gasteiger partial charge >= 0.3 is 6.03 Å². The average molecular weight is 353 g/mol. The summed E-state index contributed by atoms with van der Waals surface area (Å²) in [7, 11) is 0. The normalized spacial score (nSPS) is 13.0. The van der Waals surface area contributed by atoms with Gasteiger partial charge in [-0.3, -0.25) is 4.79 Å². The van der Waals surface area contributed by atoms with Gasteiger partial charge in [-0.15, -0.1) is 0 Å². The molecule has 1 fully saturated rings. The van der Waals surface area contributed by atoms with E-state index in [-0.39, 0.29) is 18.5 Å². The van der Waals surface area contributed by atoms with Crippen LogP contribution in [0.15, 0.2) is 48.5 Å². The molecule has 3 N–H and O–H groups in total. The van der Waals surface area contributed by atoms with Crippen LogP contribution in [-0.4, -0.2) is 24.6 Å². The Balaban J connectivity index is 1.43. The van der Waals surface area contributed by atoms with E-state index in [0.29, 0.717) is 23.2 Å². The number of carbonyl (C=O) groups excluding carboxylic acids is 2. The van der Waals surface area contributed by atoms with E-state index in [4.69, 9.17) is 4.74 Å². The van der Waals surface area contributed by atoms with Crippen molar-refractivity contribution in [3.05, 3.63) is 54.1 Å². The van der Waals surface area contributed by atoms with E-state index in [0.717, 1.165) is 19.3 Å². The van der Waals surface area contributed by atoms with Crippen molar-refractivity contribution in [2.24, 2.45) is 0 Å². The minimum Gasteiger partial charge on any atom is -0.484 e. The maximum absolute atomic E-state index is 12.0. The maximum atomic E-state index is 12.0. The molecule has 3 amide bonds. The van der Waals surface area contributed by atoms with Gasteiger partial charge in [-0.1, -0.05) is 19.1 Å². The molecule has 2 aromatic rings. The summed E-state index contributed by atoms with van der Waals surface area (Å²) in [5, 5.41) is 8.38. The Bertz CT molecular complexity index is 753. The first kappa shape index (κ1) is 17.8. The molecule has 0 bridgehead atoms. The molecule has 0 aromatic heterocycles. The number of amides is 3. The van der Waals surface area contributed by atoms with Crippen LogP contribution in [0.4, 0.5) is 16.2 Å². The molecule has 6 nitrogen and oxygen atoms in total. The van der Waals surface area contributed by atoms with E-state index in [1.807, 2.05) is 24.3 Å². The number of ether oxygens (including phenoxy) is 1. The van der Waals surface area contributed by atoms with Crippen LogP contribution in [-0.2, 0) is 11.2 Å². The lowest BCUT2D eigenvalue weighted by Crippen LogP contribution is -2.30. The van der Waals surface area contributed by atoms with Crippen LogP contribution < -0.4 is 20.7 Å². The van der Waals surface area contributed by atoms with Gasteiger partial charge in [-0.05, 0) is 61.2 Å². The molecule has 0 aliphatic heterocycles. The molecule has 1 aliphatic carbocycles. The molecule has 0 unspecified atom stereocenters. The summed E-state index contributed by atoms with van der Waals surface area (Å²) in [4.78, 5) is 23.7. The molecule has 6 heteroatoms. The molecule has 0 heterocycles. The summed E-state index contributed by atoms with van der Waals surface area (Å²) in [6.45, 7) is 2.03. The van der Waals surface area contributed by atoms with Crippen LogP contribution in [0, 0.1) is 0 Å². The number of aryl methyl sites for hydroxylation is 1. The zero-order valence-corrected chi connectivity index (χ0v) is 14.7. The van der Waals surface area contributed by atoms with Gasteiger partial charge in [-0.2, -0.15) is 0 Å². The number of urea groups is 1. The van der Waals surface area contributed by atoms with Crippen LogP contribution in [0.1, 0.15) is 25.3 Å². The van der Waals surface area contributed by atoms with Gasteiger partial charge in [0.2, 0.25) is 0 Å². The van der Waals surface area contributed by atoms with Gasteiger partial charge in [0.05, 0.1) is 0 Å². The van der Waals surface area contributed by atoms with Crippen LogP contribution >= 0.6 is 0 Å². The molecule has 136 valence electrons. The monoisotopic (exact) mass is 353 g/mol. The lowest BCUT2D eigenvalue weighted by Gasteiger charge is -2.10. The highest BCUT2D eigenvalue weighted by molar-refractivity contribution is 5.93. The first-order valence-corrected chi connectivity index (χ1v) is 8.81. The van der Waals surface area contributed by atoms with Gasteiger partial charge in [0.15, 0.2) is 6.61 Å². The van der Waals surface area contributed by atoms with Crippen LogP contribution in [0.5, 0.6) is 5.75 Å². The highest BCUT2D eigenvalue weighted by atomic mass is 16.5. The van der Waals surface area contributed by atoms with Crippen LogP contribution in [0.25, 0.3) is 0 Å². The Kier molecular flexibility index (Phi) is 5.73. The lowest BCUT2D eigenvalue weighted by molar-refractivity contribution is -0.118. The molecular weight excluding hydrogens is 330 g/mol. The zero-order valence-electron chi connectivity index (χ0n) is 14.7. The summed E-state index contributed by atoms with van der Waals surface area (Å²) in [6, 6.07) is 14.8. The molecule has 0 atom stereocenters. The first-order valence-electron chi connectivity index (χ1n) is 8.81. The topological polar surface area (TPSA) is 79.5 Å². The standard InChI is InChI=1S/C20H23N3O3/c1-2-14-3-11-18(12-4-14)26-13-19(24)21-15-5-7-16(8-6-15)22-20(25)23-17-9-10-17/h3-8,11-12,17H,2,9-10,13H2,1H3,(H,21,24)(H2,22,23,25). The van der Waals surface area contributed by atoms with Crippen molar-refractivity contribution in [1.82, 2.24) is 5.32 Å². The Hall–Kier alpha value is -3.02. The van der Waals surface area contributed by atoms with E-state index in [1.165, 1.54) is 5.56 Å². The Labute approximate surface area is 152 Å². The third kappa shape index (κ3) is 5.51. The van der Waals surface area contributed by atoms with E-state index in [2.05, 4.69) is 22.9 Å². The molecule has 2 aromatic carbocycles. The Morgan fingerprint density at radius 3 is 2.15 bits per heavy atom. The van der Waals surface area contributed by atoms with Crippen molar-refractivity contribution in [3.63, 3.8) is 0 Å². The summed E-state index contributed by atoms with van der Waals surface area (Å²) in [5.74, 6) is 0.426. The zero-order chi connectivity index (χ0) is 18.4. The van der Waals surface area contributed by atoms with E-state index in [1.54, 1.807) is 24.3 Å². The number of rotatable bonds is 7. The number of hydrogen-bond donors (Lipinski definition) is 3. The SMILES string of the molecule is CCc1ccc(OCC(=O)Nc2ccc(NC(=O)NC3CC3)cc2)cc1. The summed E-state index contributed by atoms with van der Waals surface area (Å²) >= 11 is 0. The molecule has 1 aliphatic rings. The first-order chi connectivity index (χ1) is 12.6. The minimum absolute atomic E-state index is 0.0603. The summed E-state index contributed by atoms with van der Waals surface area (Å²) in [6.07, 6.45) is 3.06. The highest BCUT2D eigenvalue weighted by Gasteiger charge is 2.23. The molecule has 0 saturated heterocycles. The van der Waals surface area contributed by atoms with Gasteiger partial charge in [0.25, 0.3) is 5.91 Å². The van der Waals surface area contributed by atoms with E-state index < -0.39 is 0 Å². The number of anilines is 2. The van der Waals surface area contributed by atoms with E-state index in [9.17, 15) is 9.59 Å². The number of carbonyl (C=O) groups is 2. The van der Waals surface area contributed by atoms with Crippen molar-refractivity contribution >= 4 is 23.3 Å². The summed E-state index contributed by atoms with van der Waals surface area (Å²) < 4.78 is 5.48. The fraction of sp³-hybridized carbons (Fsp3) is 0.300. The quantitative estimate of drug-likeness (QED) is 0.712. The molecule has 3 rings (SSSR count). The molecule has 0 radical (unpaired) electrons. The Morgan fingerprint density at radius 2 is 1.58 bits per heavy atom. The van der Waals surface area contributed by atoms with Gasteiger partial charge < -0.3 is 20.7 Å². The average Bonchev–Trinajstić information content (AvgIpc) is 3.46. The third-order valence-electron chi connectivity index (χ3n) is 4.04. The molecule has 0 spiro atoms. The van der Waals surface area contributed by atoms with Crippen molar-refractivity contribution in [2.45, 2.75) is 32.2 Å². The number of nitrogens with one attached hydrogen (secondary N) is 3.